The molecule has 0 aliphatic rings. The summed E-state index contributed by atoms with van der Waals surface area (Å²) >= 11 is 7.31. The molecule has 2 aromatic heterocycles. The molecule has 4 heteroatoms. The van der Waals surface area contributed by atoms with Crippen LogP contribution in [0.15, 0.2) is 40.9 Å². The molecular formula is C12H8ClNOS. The highest BCUT2D eigenvalue weighted by atomic mass is 35.5. The second-order valence-electron chi connectivity index (χ2n) is 3.41. The predicted octanol–water partition coefficient (Wildman–Crippen LogP) is 4.30. The van der Waals surface area contributed by atoms with Crippen molar-refractivity contribution in [3.8, 4) is 10.8 Å². The number of alkyl halides is 1. The Hall–Kier alpha value is -1.32. The van der Waals surface area contributed by atoms with Gasteiger partial charge < -0.3 is 4.42 Å². The number of para-hydroxylation sites is 1. The minimum Gasteiger partial charge on any atom is -0.454 e. The highest BCUT2D eigenvalue weighted by Crippen LogP contribution is 2.30. The predicted molar refractivity (Wildman–Crippen MR) is 66.9 cm³/mol. The summed E-state index contributed by atoms with van der Waals surface area (Å²) in [5, 5.41) is 1.98. The van der Waals surface area contributed by atoms with E-state index in [1.54, 1.807) is 17.5 Å². The number of thiazole rings is 1. The summed E-state index contributed by atoms with van der Waals surface area (Å²) in [6.45, 7) is 0. The third-order valence-electron chi connectivity index (χ3n) is 2.32. The molecule has 2 nitrogen and oxygen atoms in total. The first-order chi connectivity index (χ1) is 7.86. The lowest BCUT2D eigenvalue weighted by Crippen LogP contribution is -1.66. The number of nitrogens with zero attached hydrogens (tertiary/aromatic N) is 1. The zero-order valence-electron chi connectivity index (χ0n) is 8.31. The van der Waals surface area contributed by atoms with Crippen LogP contribution in [-0.2, 0) is 5.88 Å². The van der Waals surface area contributed by atoms with E-state index < -0.39 is 0 Å². The van der Waals surface area contributed by atoms with Crippen LogP contribution in [0.3, 0.4) is 0 Å². The van der Waals surface area contributed by atoms with Crippen LogP contribution >= 0.6 is 22.9 Å². The van der Waals surface area contributed by atoms with Crippen LogP contribution in [0.1, 0.15) is 4.88 Å². The first-order valence-corrected chi connectivity index (χ1v) is 6.21. The summed E-state index contributed by atoms with van der Waals surface area (Å²) in [7, 11) is 0. The number of furan rings is 1. The molecule has 0 unspecified atom stereocenters. The van der Waals surface area contributed by atoms with Gasteiger partial charge >= 0.3 is 0 Å². The van der Waals surface area contributed by atoms with E-state index in [0.29, 0.717) is 5.88 Å². The maximum Gasteiger partial charge on any atom is 0.164 e. The Morgan fingerprint density at radius 2 is 2.19 bits per heavy atom. The second-order valence-corrected chi connectivity index (χ2v) is 4.80. The van der Waals surface area contributed by atoms with Gasteiger partial charge in [0.05, 0.1) is 5.88 Å². The Bertz CT molecular complexity index is 596. The number of benzene rings is 1. The van der Waals surface area contributed by atoms with Gasteiger partial charge in [-0.2, -0.15) is 0 Å². The van der Waals surface area contributed by atoms with Crippen molar-refractivity contribution in [2.75, 3.05) is 0 Å². The van der Waals surface area contributed by atoms with Crippen molar-refractivity contribution >= 4 is 33.9 Å². The van der Waals surface area contributed by atoms with Crippen molar-refractivity contribution in [3.63, 3.8) is 0 Å². The number of fused-ring (bicyclic) bond motifs is 1. The Balaban J connectivity index is 2.11. The third-order valence-corrected chi connectivity index (χ3v) is 3.78. The number of rotatable bonds is 2. The van der Waals surface area contributed by atoms with Crippen LogP contribution in [0.4, 0.5) is 0 Å². The van der Waals surface area contributed by atoms with Crippen LogP contribution in [0.2, 0.25) is 0 Å². The molecule has 0 saturated carbocycles. The van der Waals surface area contributed by atoms with Crippen LogP contribution < -0.4 is 0 Å². The fourth-order valence-corrected chi connectivity index (χ4v) is 2.52. The first kappa shape index (κ1) is 9.87. The normalized spacial score (nSPS) is 11.1. The average Bonchev–Trinajstić information content (AvgIpc) is 2.95. The Kier molecular flexibility index (Phi) is 2.42. The quantitative estimate of drug-likeness (QED) is 0.633. The lowest BCUT2D eigenvalue weighted by molar-refractivity contribution is 0.631. The number of aromatic nitrogens is 1. The second kappa shape index (κ2) is 3.92. The van der Waals surface area contributed by atoms with Gasteiger partial charge in [-0.1, -0.05) is 18.2 Å². The van der Waals surface area contributed by atoms with Crippen LogP contribution in [0.5, 0.6) is 0 Å². The Morgan fingerprint density at radius 1 is 1.31 bits per heavy atom. The molecule has 0 N–H and O–H groups in total. The zero-order valence-corrected chi connectivity index (χ0v) is 9.89. The monoisotopic (exact) mass is 249 g/mol. The standard InChI is InChI=1S/C12H8ClNOS/c13-6-9-7-14-12(16-9)11-5-8-3-1-2-4-10(8)15-11/h1-5,7H,6H2. The minimum absolute atomic E-state index is 0.498. The highest BCUT2D eigenvalue weighted by molar-refractivity contribution is 7.15. The molecule has 0 radical (unpaired) electrons. The molecule has 3 aromatic rings. The number of hydrogen-bond acceptors (Lipinski definition) is 3. The van der Waals surface area contributed by atoms with Crippen molar-refractivity contribution in [1.29, 1.82) is 0 Å². The van der Waals surface area contributed by atoms with Crippen LogP contribution in [0, 0.1) is 0 Å². The molecule has 0 aliphatic heterocycles. The van der Waals surface area contributed by atoms with E-state index in [-0.39, 0.29) is 0 Å². The lowest BCUT2D eigenvalue weighted by Gasteiger charge is -1.86. The van der Waals surface area contributed by atoms with Crippen molar-refractivity contribution in [3.05, 3.63) is 41.4 Å². The van der Waals surface area contributed by atoms with Gasteiger partial charge in [0.25, 0.3) is 0 Å². The summed E-state index contributed by atoms with van der Waals surface area (Å²) in [5.41, 5.74) is 0.889. The minimum atomic E-state index is 0.498. The van der Waals surface area contributed by atoms with E-state index in [0.717, 1.165) is 26.6 Å². The van der Waals surface area contributed by atoms with Gasteiger partial charge in [0.2, 0.25) is 0 Å². The molecule has 0 amide bonds. The van der Waals surface area contributed by atoms with Crippen LogP contribution in [-0.4, -0.2) is 4.98 Å². The molecule has 0 spiro atoms. The maximum atomic E-state index is 5.75. The van der Waals surface area contributed by atoms with Gasteiger partial charge in [0.1, 0.15) is 5.58 Å². The number of halogens is 1. The Morgan fingerprint density at radius 3 is 2.94 bits per heavy atom. The van der Waals surface area contributed by atoms with E-state index >= 15 is 0 Å². The summed E-state index contributed by atoms with van der Waals surface area (Å²) in [6, 6.07) is 9.94. The van der Waals surface area contributed by atoms with E-state index in [2.05, 4.69) is 4.98 Å². The van der Waals surface area contributed by atoms with Gasteiger partial charge in [-0.05, 0) is 12.1 Å². The molecule has 80 valence electrons. The molecule has 0 saturated heterocycles. The van der Waals surface area contributed by atoms with Crippen molar-refractivity contribution < 1.29 is 4.42 Å². The van der Waals surface area contributed by atoms with Crippen LogP contribution in [0.25, 0.3) is 21.7 Å². The Labute approximate surface area is 101 Å². The molecule has 16 heavy (non-hydrogen) atoms. The fraction of sp³-hybridized carbons (Fsp3) is 0.0833. The van der Waals surface area contributed by atoms with Gasteiger partial charge in [0.15, 0.2) is 10.8 Å². The van der Waals surface area contributed by atoms with Crippen molar-refractivity contribution in [1.82, 2.24) is 4.98 Å². The first-order valence-electron chi connectivity index (χ1n) is 4.86. The van der Waals surface area contributed by atoms with Crippen molar-refractivity contribution in [2.24, 2.45) is 0 Å². The van der Waals surface area contributed by atoms with E-state index in [9.17, 15) is 0 Å². The smallest absolute Gasteiger partial charge is 0.164 e. The number of hydrogen-bond donors (Lipinski definition) is 0. The summed E-state index contributed by atoms with van der Waals surface area (Å²) in [4.78, 5) is 5.35. The van der Waals surface area contributed by atoms with Gasteiger partial charge in [-0.3, -0.25) is 0 Å². The molecule has 0 bridgehead atoms. The van der Waals surface area contributed by atoms with E-state index in [1.165, 1.54) is 0 Å². The molecule has 2 heterocycles. The van der Waals surface area contributed by atoms with Crippen molar-refractivity contribution in [2.45, 2.75) is 5.88 Å². The fourth-order valence-electron chi connectivity index (χ4n) is 1.57. The maximum absolute atomic E-state index is 5.75. The molecule has 1 aromatic carbocycles. The SMILES string of the molecule is ClCc1cnc(-c2cc3ccccc3o2)s1. The van der Waals surface area contributed by atoms with Gasteiger partial charge in [0, 0.05) is 16.5 Å². The largest absolute Gasteiger partial charge is 0.454 e. The highest BCUT2D eigenvalue weighted by Gasteiger charge is 2.09. The third kappa shape index (κ3) is 1.62. The molecular weight excluding hydrogens is 242 g/mol. The molecule has 0 aliphatic carbocycles. The summed E-state index contributed by atoms with van der Waals surface area (Å²) in [6.07, 6.45) is 1.79. The summed E-state index contributed by atoms with van der Waals surface area (Å²) in [5.74, 6) is 1.31. The lowest BCUT2D eigenvalue weighted by atomic mass is 10.2. The van der Waals surface area contributed by atoms with Gasteiger partial charge in [-0.15, -0.1) is 22.9 Å². The topological polar surface area (TPSA) is 26.0 Å². The molecule has 3 rings (SSSR count). The summed E-state index contributed by atoms with van der Waals surface area (Å²) < 4.78 is 5.72. The molecule has 0 fully saturated rings. The van der Waals surface area contributed by atoms with E-state index in [1.807, 2.05) is 30.3 Å². The zero-order chi connectivity index (χ0) is 11.0. The average molecular weight is 250 g/mol. The van der Waals surface area contributed by atoms with E-state index in [4.69, 9.17) is 16.0 Å². The molecule has 0 atom stereocenters. The van der Waals surface area contributed by atoms with Gasteiger partial charge in [-0.25, -0.2) is 4.98 Å².